The number of nitrogens with one attached hydrogen (secondary N) is 1. The molecule has 1 N–H and O–H groups in total. The van der Waals surface area contributed by atoms with E-state index in [0.717, 1.165) is 38.8 Å². The number of ether oxygens (including phenoxy) is 1. The van der Waals surface area contributed by atoms with Crippen molar-refractivity contribution in [3.8, 4) is 0 Å². The van der Waals surface area contributed by atoms with Crippen molar-refractivity contribution in [2.45, 2.75) is 25.7 Å². The average Bonchev–Trinajstić information content (AvgIpc) is 2.55. The first-order chi connectivity index (χ1) is 10.4. The summed E-state index contributed by atoms with van der Waals surface area (Å²) in [4.78, 5) is 2.52. The number of morpholine rings is 1. The fraction of sp³-hybridized carbons (Fsp3) is 0.667. The normalized spacial score (nSPS) is 23.0. The molecule has 0 bridgehead atoms. The van der Waals surface area contributed by atoms with Gasteiger partial charge in [0.2, 0.25) is 0 Å². The molecule has 116 valence electrons. The third-order valence-corrected chi connectivity index (χ3v) is 4.81. The summed E-state index contributed by atoms with van der Waals surface area (Å²) in [5, 5.41) is 3.67. The van der Waals surface area contributed by atoms with Gasteiger partial charge in [-0.05, 0) is 62.4 Å². The molecule has 2 aliphatic rings. The second kappa shape index (κ2) is 7.92. The topological polar surface area (TPSA) is 24.5 Å². The fourth-order valence-electron chi connectivity index (χ4n) is 3.51. The summed E-state index contributed by atoms with van der Waals surface area (Å²) >= 11 is 0. The van der Waals surface area contributed by atoms with Crippen LogP contribution in [-0.4, -0.2) is 50.8 Å². The molecule has 1 atom stereocenters. The second-order valence-corrected chi connectivity index (χ2v) is 6.39. The molecule has 1 unspecified atom stereocenters. The van der Waals surface area contributed by atoms with Crippen molar-refractivity contribution >= 4 is 0 Å². The van der Waals surface area contributed by atoms with Crippen LogP contribution in [0.3, 0.4) is 0 Å². The van der Waals surface area contributed by atoms with E-state index in [1.54, 1.807) is 11.1 Å². The molecule has 1 heterocycles. The maximum atomic E-state index is 5.38. The van der Waals surface area contributed by atoms with Gasteiger partial charge in [0.1, 0.15) is 0 Å². The molecule has 3 nitrogen and oxygen atoms in total. The van der Waals surface area contributed by atoms with Crippen molar-refractivity contribution in [1.29, 1.82) is 0 Å². The van der Waals surface area contributed by atoms with Gasteiger partial charge < -0.3 is 10.1 Å². The molecule has 0 radical (unpaired) electrons. The van der Waals surface area contributed by atoms with Gasteiger partial charge in [0.15, 0.2) is 0 Å². The van der Waals surface area contributed by atoms with E-state index in [4.69, 9.17) is 4.74 Å². The van der Waals surface area contributed by atoms with Gasteiger partial charge in [0.25, 0.3) is 0 Å². The number of fused-ring (bicyclic) bond motifs is 1. The Balaban J connectivity index is 1.30. The molecule has 1 saturated heterocycles. The standard InChI is InChI=1S/C18H28N2O/c1-2-5-18-14-16(6-7-17(18)4-1)15-19-8-3-9-20-10-12-21-13-11-20/h1-2,4-5,16,19H,3,6-15H2. The monoisotopic (exact) mass is 288 g/mol. The lowest BCUT2D eigenvalue weighted by Crippen LogP contribution is -2.38. The molecule has 1 aliphatic carbocycles. The zero-order valence-corrected chi connectivity index (χ0v) is 13.0. The second-order valence-electron chi connectivity index (χ2n) is 6.39. The number of aryl methyl sites for hydroxylation is 1. The molecule has 3 heteroatoms. The summed E-state index contributed by atoms with van der Waals surface area (Å²) in [6, 6.07) is 8.95. The van der Waals surface area contributed by atoms with Crippen molar-refractivity contribution in [3.63, 3.8) is 0 Å². The quantitative estimate of drug-likeness (QED) is 0.811. The molecular formula is C18H28N2O. The molecule has 21 heavy (non-hydrogen) atoms. The van der Waals surface area contributed by atoms with E-state index in [-0.39, 0.29) is 0 Å². The highest BCUT2D eigenvalue weighted by Crippen LogP contribution is 2.24. The Hall–Kier alpha value is -0.900. The van der Waals surface area contributed by atoms with Gasteiger partial charge in [-0.15, -0.1) is 0 Å². The van der Waals surface area contributed by atoms with E-state index in [1.165, 1.54) is 38.8 Å². The molecule has 1 aliphatic heterocycles. The minimum atomic E-state index is 0.822. The van der Waals surface area contributed by atoms with Crippen LogP contribution < -0.4 is 5.32 Å². The Morgan fingerprint density at radius 3 is 2.81 bits per heavy atom. The first-order valence-corrected chi connectivity index (χ1v) is 8.49. The largest absolute Gasteiger partial charge is 0.379 e. The van der Waals surface area contributed by atoms with Gasteiger partial charge in [0, 0.05) is 13.1 Å². The Kier molecular flexibility index (Phi) is 5.67. The van der Waals surface area contributed by atoms with Crippen LogP contribution in [0.5, 0.6) is 0 Å². The van der Waals surface area contributed by atoms with Crippen LogP contribution in [0.2, 0.25) is 0 Å². The summed E-state index contributed by atoms with van der Waals surface area (Å²) in [6.07, 6.45) is 5.11. The Morgan fingerprint density at radius 1 is 1.14 bits per heavy atom. The number of hydrogen-bond donors (Lipinski definition) is 1. The summed E-state index contributed by atoms with van der Waals surface area (Å²) < 4.78 is 5.38. The maximum Gasteiger partial charge on any atom is 0.0594 e. The lowest BCUT2D eigenvalue weighted by Gasteiger charge is -2.27. The fourth-order valence-corrected chi connectivity index (χ4v) is 3.51. The van der Waals surface area contributed by atoms with Crippen LogP contribution in [0, 0.1) is 5.92 Å². The van der Waals surface area contributed by atoms with Crippen LogP contribution >= 0.6 is 0 Å². The van der Waals surface area contributed by atoms with Crippen molar-refractivity contribution < 1.29 is 4.74 Å². The first kappa shape index (κ1) is 15.0. The minimum Gasteiger partial charge on any atom is -0.379 e. The zero-order valence-electron chi connectivity index (χ0n) is 13.0. The molecule has 1 aromatic carbocycles. The van der Waals surface area contributed by atoms with E-state index in [0.29, 0.717) is 0 Å². The average molecular weight is 288 g/mol. The zero-order chi connectivity index (χ0) is 14.3. The molecule has 1 aromatic rings. The van der Waals surface area contributed by atoms with Gasteiger partial charge in [0.05, 0.1) is 13.2 Å². The first-order valence-electron chi connectivity index (χ1n) is 8.49. The van der Waals surface area contributed by atoms with Crippen LogP contribution in [0.25, 0.3) is 0 Å². The Bertz CT molecular complexity index is 429. The highest BCUT2D eigenvalue weighted by atomic mass is 16.5. The lowest BCUT2D eigenvalue weighted by molar-refractivity contribution is 0.0374. The van der Waals surface area contributed by atoms with Gasteiger partial charge in [-0.2, -0.15) is 0 Å². The van der Waals surface area contributed by atoms with Gasteiger partial charge in [-0.3, -0.25) is 4.90 Å². The SMILES string of the molecule is c1ccc2c(c1)CCC(CNCCCN1CCOCC1)C2. The molecular weight excluding hydrogens is 260 g/mol. The molecule has 1 fully saturated rings. The molecule has 0 aromatic heterocycles. The molecule has 0 saturated carbocycles. The highest BCUT2D eigenvalue weighted by Gasteiger charge is 2.17. The predicted molar refractivity (Wildman–Crippen MR) is 86.7 cm³/mol. The third kappa shape index (κ3) is 4.53. The lowest BCUT2D eigenvalue weighted by atomic mass is 9.84. The van der Waals surface area contributed by atoms with Gasteiger partial charge in [-0.25, -0.2) is 0 Å². The number of benzene rings is 1. The van der Waals surface area contributed by atoms with Crippen LogP contribution in [-0.2, 0) is 17.6 Å². The predicted octanol–water partition coefficient (Wildman–Crippen LogP) is 2.10. The summed E-state index contributed by atoms with van der Waals surface area (Å²) in [7, 11) is 0. The van der Waals surface area contributed by atoms with Crippen LogP contribution in [0.1, 0.15) is 24.0 Å². The third-order valence-electron chi connectivity index (χ3n) is 4.81. The number of nitrogens with zero attached hydrogens (tertiary/aromatic N) is 1. The van der Waals surface area contributed by atoms with Gasteiger partial charge >= 0.3 is 0 Å². The van der Waals surface area contributed by atoms with E-state index < -0.39 is 0 Å². The van der Waals surface area contributed by atoms with Crippen molar-refractivity contribution in [2.75, 3.05) is 45.9 Å². The molecule has 0 amide bonds. The summed E-state index contributed by atoms with van der Waals surface area (Å²) in [5.41, 5.74) is 3.14. The number of rotatable bonds is 6. The Morgan fingerprint density at radius 2 is 1.95 bits per heavy atom. The van der Waals surface area contributed by atoms with E-state index in [1.807, 2.05) is 0 Å². The summed E-state index contributed by atoms with van der Waals surface area (Å²) in [6.45, 7) is 7.58. The van der Waals surface area contributed by atoms with Crippen molar-refractivity contribution in [3.05, 3.63) is 35.4 Å². The van der Waals surface area contributed by atoms with E-state index >= 15 is 0 Å². The van der Waals surface area contributed by atoms with Crippen LogP contribution in [0.15, 0.2) is 24.3 Å². The van der Waals surface area contributed by atoms with Gasteiger partial charge in [-0.1, -0.05) is 24.3 Å². The summed E-state index contributed by atoms with van der Waals surface area (Å²) in [5.74, 6) is 0.822. The van der Waals surface area contributed by atoms with Crippen molar-refractivity contribution in [1.82, 2.24) is 10.2 Å². The van der Waals surface area contributed by atoms with E-state index in [9.17, 15) is 0 Å². The molecule has 0 spiro atoms. The smallest absolute Gasteiger partial charge is 0.0594 e. The highest BCUT2D eigenvalue weighted by molar-refractivity contribution is 5.29. The van der Waals surface area contributed by atoms with E-state index in [2.05, 4.69) is 34.5 Å². The number of hydrogen-bond acceptors (Lipinski definition) is 3. The minimum absolute atomic E-state index is 0.822. The van der Waals surface area contributed by atoms with Crippen molar-refractivity contribution in [2.24, 2.45) is 5.92 Å². The Labute approximate surface area is 128 Å². The van der Waals surface area contributed by atoms with Crippen LogP contribution in [0.4, 0.5) is 0 Å². The molecule has 3 rings (SSSR count). The maximum absolute atomic E-state index is 5.38.